The molecule has 0 aliphatic heterocycles. The van der Waals surface area contributed by atoms with Gasteiger partial charge in [-0.25, -0.2) is 8.78 Å². The van der Waals surface area contributed by atoms with Gasteiger partial charge in [-0.15, -0.1) is 0 Å². The SMILES string of the molecule is CC(C)(C)NCCCNCc1c(F)cccc1F. The van der Waals surface area contributed by atoms with E-state index in [-0.39, 0.29) is 17.6 Å². The maximum atomic E-state index is 13.3. The first-order valence-corrected chi connectivity index (χ1v) is 6.29. The Hall–Kier alpha value is -1.00. The van der Waals surface area contributed by atoms with Gasteiger partial charge in [0.05, 0.1) is 0 Å². The predicted octanol–water partition coefficient (Wildman–Crippen LogP) is 2.83. The average Bonchev–Trinajstić information content (AvgIpc) is 2.25. The molecule has 102 valence electrons. The van der Waals surface area contributed by atoms with E-state index in [0.29, 0.717) is 0 Å². The number of hydrogen-bond donors (Lipinski definition) is 2. The summed E-state index contributed by atoms with van der Waals surface area (Å²) < 4.78 is 26.6. The summed E-state index contributed by atoms with van der Waals surface area (Å²) in [6.07, 6.45) is 0.924. The molecule has 0 aliphatic rings. The van der Waals surface area contributed by atoms with Gasteiger partial charge in [0, 0.05) is 17.6 Å². The molecule has 0 amide bonds. The van der Waals surface area contributed by atoms with Gasteiger partial charge in [0.2, 0.25) is 0 Å². The second kappa shape index (κ2) is 6.81. The maximum absolute atomic E-state index is 13.3. The third-order valence-corrected chi connectivity index (χ3v) is 2.55. The molecule has 0 unspecified atom stereocenters. The minimum atomic E-state index is -0.490. The fourth-order valence-corrected chi connectivity index (χ4v) is 1.59. The molecule has 0 radical (unpaired) electrons. The van der Waals surface area contributed by atoms with Gasteiger partial charge in [0.25, 0.3) is 0 Å². The zero-order chi connectivity index (χ0) is 13.6. The van der Waals surface area contributed by atoms with Gasteiger partial charge in [-0.3, -0.25) is 0 Å². The summed E-state index contributed by atoms with van der Waals surface area (Å²) in [6.45, 7) is 8.17. The highest BCUT2D eigenvalue weighted by atomic mass is 19.1. The molecule has 0 spiro atoms. The van der Waals surface area contributed by atoms with Crippen molar-refractivity contribution in [1.29, 1.82) is 0 Å². The smallest absolute Gasteiger partial charge is 0.130 e. The number of nitrogens with one attached hydrogen (secondary N) is 2. The number of benzene rings is 1. The van der Waals surface area contributed by atoms with Crippen molar-refractivity contribution in [2.45, 2.75) is 39.3 Å². The van der Waals surface area contributed by atoms with Crippen LogP contribution in [-0.4, -0.2) is 18.6 Å². The van der Waals surface area contributed by atoms with E-state index >= 15 is 0 Å². The molecule has 0 atom stereocenters. The van der Waals surface area contributed by atoms with E-state index in [1.54, 1.807) is 0 Å². The van der Waals surface area contributed by atoms with Crippen molar-refractivity contribution in [3.8, 4) is 0 Å². The first-order chi connectivity index (χ1) is 8.40. The zero-order valence-electron chi connectivity index (χ0n) is 11.3. The van der Waals surface area contributed by atoms with Crippen LogP contribution >= 0.6 is 0 Å². The van der Waals surface area contributed by atoms with Crippen LogP contribution in [0.25, 0.3) is 0 Å². The molecule has 2 N–H and O–H groups in total. The van der Waals surface area contributed by atoms with Gasteiger partial charge in [-0.05, 0) is 52.4 Å². The fourth-order valence-electron chi connectivity index (χ4n) is 1.59. The number of hydrogen-bond acceptors (Lipinski definition) is 2. The van der Waals surface area contributed by atoms with E-state index in [1.165, 1.54) is 18.2 Å². The van der Waals surface area contributed by atoms with E-state index in [0.717, 1.165) is 19.5 Å². The molecular weight excluding hydrogens is 234 g/mol. The van der Waals surface area contributed by atoms with Crippen LogP contribution in [-0.2, 0) is 6.54 Å². The lowest BCUT2D eigenvalue weighted by atomic mass is 10.1. The molecule has 0 aromatic heterocycles. The summed E-state index contributed by atoms with van der Waals surface area (Å²) in [5, 5.41) is 6.40. The van der Waals surface area contributed by atoms with E-state index in [9.17, 15) is 8.78 Å². The Labute approximate surface area is 108 Å². The van der Waals surface area contributed by atoms with Crippen LogP contribution in [0.3, 0.4) is 0 Å². The monoisotopic (exact) mass is 256 g/mol. The van der Waals surface area contributed by atoms with Crippen LogP contribution in [0.1, 0.15) is 32.8 Å². The fraction of sp³-hybridized carbons (Fsp3) is 0.571. The predicted molar refractivity (Wildman–Crippen MR) is 70.4 cm³/mol. The van der Waals surface area contributed by atoms with E-state index < -0.39 is 11.6 Å². The summed E-state index contributed by atoms with van der Waals surface area (Å²) in [7, 11) is 0. The Kier molecular flexibility index (Phi) is 5.69. The van der Waals surface area contributed by atoms with Crippen LogP contribution in [0.2, 0.25) is 0 Å². The van der Waals surface area contributed by atoms with Gasteiger partial charge < -0.3 is 10.6 Å². The average molecular weight is 256 g/mol. The lowest BCUT2D eigenvalue weighted by molar-refractivity contribution is 0.417. The van der Waals surface area contributed by atoms with E-state index in [2.05, 4.69) is 31.4 Å². The lowest BCUT2D eigenvalue weighted by Gasteiger charge is -2.20. The molecule has 0 aliphatic carbocycles. The van der Waals surface area contributed by atoms with Crippen molar-refractivity contribution < 1.29 is 8.78 Å². The van der Waals surface area contributed by atoms with Crippen LogP contribution in [0.4, 0.5) is 8.78 Å². The van der Waals surface area contributed by atoms with Crippen LogP contribution < -0.4 is 10.6 Å². The minimum Gasteiger partial charge on any atom is -0.312 e. The van der Waals surface area contributed by atoms with Crippen molar-refractivity contribution in [2.24, 2.45) is 0 Å². The summed E-state index contributed by atoms with van der Waals surface area (Å²) in [5.41, 5.74) is 0.221. The molecule has 1 aromatic rings. The molecule has 4 heteroatoms. The highest BCUT2D eigenvalue weighted by molar-refractivity contribution is 5.19. The molecule has 0 fully saturated rings. The van der Waals surface area contributed by atoms with Gasteiger partial charge in [0.15, 0.2) is 0 Å². The van der Waals surface area contributed by atoms with Crippen molar-refractivity contribution in [2.75, 3.05) is 13.1 Å². The molecule has 0 heterocycles. The van der Waals surface area contributed by atoms with Crippen LogP contribution in [0, 0.1) is 11.6 Å². The quantitative estimate of drug-likeness (QED) is 0.765. The standard InChI is InChI=1S/C14H22F2N2/c1-14(2,3)18-9-5-8-17-10-11-12(15)6-4-7-13(11)16/h4,6-7,17-18H,5,8-10H2,1-3H3. The van der Waals surface area contributed by atoms with E-state index in [4.69, 9.17) is 0 Å². The summed E-state index contributed by atoms with van der Waals surface area (Å²) in [6, 6.07) is 3.93. The molecule has 18 heavy (non-hydrogen) atoms. The Morgan fingerprint density at radius 1 is 1.06 bits per heavy atom. The summed E-state index contributed by atoms with van der Waals surface area (Å²) >= 11 is 0. The first kappa shape index (κ1) is 15.1. The van der Waals surface area contributed by atoms with Crippen molar-refractivity contribution in [3.05, 3.63) is 35.4 Å². The highest BCUT2D eigenvalue weighted by Gasteiger charge is 2.08. The Bertz CT molecular complexity index is 352. The second-order valence-electron chi connectivity index (χ2n) is 5.41. The third-order valence-electron chi connectivity index (χ3n) is 2.55. The highest BCUT2D eigenvalue weighted by Crippen LogP contribution is 2.11. The molecule has 1 aromatic carbocycles. The van der Waals surface area contributed by atoms with Crippen molar-refractivity contribution in [3.63, 3.8) is 0 Å². The van der Waals surface area contributed by atoms with Gasteiger partial charge in [0.1, 0.15) is 11.6 Å². The van der Waals surface area contributed by atoms with Gasteiger partial charge in [-0.1, -0.05) is 6.07 Å². The Balaban J connectivity index is 2.22. The largest absolute Gasteiger partial charge is 0.312 e. The minimum absolute atomic E-state index is 0.109. The summed E-state index contributed by atoms with van der Waals surface area (Å²) in [5.74, 6) is -0.981. The molecule has 2 nitrogen and oxygen atoms in total. The maximum Gasteiger partial charge on any atom is 0.130 e. The molecule has 0 bridgehead atoms. The van der Waals surface area contributed by atoms with Crippen molar-refractivity contribution in [1.82, 2.24) is 10.6 Å². The normalized spacial score (nSPS) is 11.8. The molecule has 0 saturated heterocycles. The third kappa shape index (κ3) is 5.56. The summed E-state index contributed by atoms with van der Waals surface area (Å²) in [4.78, 5) is 0. The van der Waals surface area contributed by atoms with Crippen molar-refractivity contribution >= 4 is 0 Å². The van der Waals surface area contributed by atoms with E-state index in [1.807, 2.05) is 0 Å². The van der Waals surface area contributed by atoms with Gasteiger partial charge in [-0.2, -0.15) is 0 Å². The first-order valence-electron chi connectivity index (χ1n) is 6.29. The van der Waals surface area contributed by atoms with Crippen LogP contribution in [0.5, 0.6) is 0 Å². The van der Waals surface area contributed by atoms with Crippen LogP contribution in [0.15, 0.2) is 18.2 Å². The molecular formula is C14H22F2N2. The number of halogens is 2. The Morgan fingerprint density at radius 3 is 2.22 bits per heavy atom. The topological polar surface area (TPSA) is 24.1 Å². The molecule has 0 saturated carbocycles. The second-order valence-corrected chi connectivity index (χ2v) is 5.41. The molecule has 1 rings (SSSR count). The zero-order valence-corrected chi connectivity index (χ0v) is 11.3. The lowest BCUT2D eigenvalue weighted by Crippen LogP contribution is -2.37. The number of rotatable bonds is 6. The van der Waals surface area contributed by atoms with Gasteiger partial charge >= 0.3 is 0 Å². The Morgan fingerprint density at radius 2 is 1.67 bits per heavy atom.